The van der Waals surface area contributed by atoms with Gasteiger partial charge in [0.05, 0.1) is 12.8 Å². The van der Waals surface area contributed by atoms with Crippen molar-refractivity contribution in [2.75, 3.05) is 12.4 Å². The van der Waals surface area contributed by atoms with Crippen LogP contribution >= 0.6 is 0 Å². The third-order valence-corrected chi connectivity index (χ3v) is 5.18. The second-order valence-corrected chi connectivity index (χ2v) is 7.06. The third kappa shape index (κ3) is 3.79. The Kier molecular flexibility index (Phi) is 5.54. The summed E-state index contributed by atoms with van der Waals surface area (Å²) in [4.78, 5) is 13.2. The minimum Gasteiger partial charge on any atom is -0.495 e. The zero-order valence-corrected chi connectivity index (χ0v) is 16.9. The molecule has 146 valence electrons. The number of halogens is 1. The molecule has 0 unspecified atom stereocenters. The van der Waals surface area contributed by atoms with Gasteiger partial charge in [-0.25, -0.2) is 4.39 Å². The van der Waals surface area contributed by atoms with E-state index in [1.54, 1.807) is 13.2 Å². The van der Waals surface area contributed by atoms with Gasteiger partial charge in [0.15, 0.2) is 0 Å². The zero-order chi connectivity index (χ0) is 20.4. The molecule has 0 aliphatic carbocycles. The van der Waals surface area contributed by atoms with Crippen LogP contribution < -0.4 is 10.1 Å². The molecule has 1 aromatic heterocycles. The SMILES string of the molecule is COc1ccc(C)cc1NC(=O)c1c(C)c(C)c(C)n1Cc1cccc(F)c1. The van der Waals surface area contributed by atoms with Crippen LogP contribution in [0.2, 0.25) is 0 Å². The maximum Gasteiger partial charge on any atom is 0.272 e. The second kappa shape index (κ2) is 7.89. The number of aromatic nitrogens is 1. The maximum absolute atomic E-state index is 13.6. The van der Waals surface area contributed by atoms with Crippen LogP contribution in [0.25, 0.3) is 0 Å². The predicted octanol–water partition coefficient (Wildman–Crippen LogP) is 5.17. The predicted molar refractivity (Wildman–Crippen MR) is 110 cm³/mol. The van der Waals surface area contributed by atoms with Crippen molar-refractivity contribution < 1.29 is 13.9 Å². The quantitative estimate of drug-likeness (QED) is 0.664. The monoisotopic (exact) mass is 380 g/mol. The lowest BCUT2D eigenvalue weighted by Gasteiger charge is -2.15. The minimum atomic E-state index is -0.286. The summed E-state index contributed by atoms with van der Waals surface area (Å²) in [5.41, 5.74) is 5.98. The average Bonchev–Trinajstić information content (AvgIpc) is 2.86. The summed E-state index contributed by atoms with van der Waals surface area (Å²) in [6, 6.07) is 12.1. The molecular formula is C23H25FN2O2. The number of ether oxygens (including phenoxy) is 1. The Morgan fingerprint density at radius 3 is 2.50 bits per heavy atom. The number of nitrogens with one attached hydrogen (secondary N) is 1. The molecule has 1 heterocycles. The van der Waals surface area contributed by atoms with Crippen molar-refractivity contribution in [3.05, 3.63) is 81.9 Å². The largest absolute Gasteiger partial charge is 0.495 e. The van der Waals surface area contributed by atoms with E-state index in [2.05, 4.69) is 5.32 Å². The molecule has 0 saturated carbocycles. The Hall–Kier alpha value is -3.08. The van der Waals surface area contributed by atoms with E-state index in [0.29, 0.717) is 23.7 Å². The molecule has 0 aliphatic heterocycles. The van der Waals surface area contributed by atoms with Crippen LogP contribution in [0.5, 0.6) is 5.75 Å². The smallest absolute Gasteiger partial charge is 0.272 e. The lowest BCUT2D eigenvalue weighted by molar-refractivity contribution is 0.101. The van der Waals surface area contributed by atoms with Crippen molar-refractivity contribution in [3.63, 3.8) is 0 Å². The fourth-order valence-electron chi connectivity index (χ4n) is 3.43. The van der Waals surface area contributed by atoms with Gasteiger partial charge in [-0.3, -0.25) is 4.79 Å². The topological polar surface area (TPSA) is 43.3 Å². The average molecular weight is 380 g/mol. The molecule has 0 spiro atoms. The van der Waals surface area contributed by atoms with Gasteiger partial charge in [0.25, 0.3) is 5.91 Å². The number of nitrogens with zero attached hydrogens (tertiary/aromatic N) is 1. The molecular weight excluding hydrogens is 355 g/mol. The fraction of sp³-hybridized carbons (Fsp3) is 0.261. The molecule has 0 atom stereocenters. The van der Waals surface area contributed by atoms with Crippen molar-refractivity contribution in [2.45, 2.75) is 34.2 Å². The molecule has 0 fully saturated rings. The van der Waals surface area contributed by atoms with Crippen LogP contribution in [0.3, 0.4) is 0 Å². The van der Waals surface area contributed by atoms with E-state index in [9.17, 15) is 9.18 Å². The van der Waals surface area contributed by atoms with Crippen LogP contribution in [-0.2, 0) is 6.54 Å². The number of benzene rings is 2. The minimum absolute atomic E-state index is 0.214. The van der Waals surface area contributed by atoms with E-state index in [1.807, 2.05) is 56.5 Å². The molecule has 0 bridgehead atoms. The summed E-state index contributed by atoms with van der Waals surface area (Å²) < 4.78 is 20.9. The van der Waals surface area contributed by atoms with E-state index in [1.165, 1.54) is 12.1 Å². The highest BCUT2D eigenvalue weighted by Crippen LogP contribution is 2.28. The molecule has 1 N–H and O–H groups in total. The summed E-state index contributed by atoms with van der Waals surface area (Å²) in [5, 5.41) is 2.98. The Morgan fingerprint density at radius 2 is 1.82 bits per heavy atom. The van der Waals surface area contributed by atoms with E-state index < -0.39 is 0 Å². The molecule has 3 aromatic rings. The molecule has 1 amide bonds. The standard InChI is InChI=1S/C23H25FN2O2/c1-14-9-10-21(28-5)20(11-14)25-23(27)22-16(3)15(2)17(4)26(22)13-18-7-6-8-19(24)12-18/h6-12H,13H2,1-5H3,(H,25,27). The summed E-state index contributed by atoms with van der Waals surface area (Å²) in [6.45, 7) is 8.29. The molecule has 2 aromatic carbocycles. The maximum atomic E-state index is 13.6. The number of aryl methyl sites for hydroxylation is 1. The zero-order valence-electron chi connectivity index (χ0n) is 16.9. The third-order valence-electron chi connectivity index (χ3n) is 5.18. The van der Waals surface area contributed by atoms with Crippen molar-refractivity contribution >= 4 is 11.6 Å². The van der Waals surface area contributed by atoms with Crippen molar-refractivity contribution in [2.24, 2.45) is 0 Å². The van der Waals surface area contributed by atoms with E-state index in [4.69, 9.17) is 4.74 Å². The summed E-state index contributed by atoms with van der Waals surface area (Å²) in [7, 11) is 1.58. The number of hydrogen-bond donors (Lipinski definition) is 1. The molecule has 0 aliphatic rings. The Labute approximate surface area is 165 Å². The molecule has 0 radical (unpaired) electrons. The van der Waals surface area contributed by atoms with Gasteiger partial charge in [0, 0.05) is 12.2 Å². The first-order chi connectivity index (χ1) is 13.3. The van der Waals surface area contributed by atoms with Crippen LogP contribution in [-0.4, -0.2) is 17.6 Å². The van der Waals surface area contributed by atoms with Gasteiger partial charge in [-0.05, 0) is 74.2 Å². The van der Waals surface area contributed by atoms with Gasteiger partial charge in [-0.2, -0.15) is 0 Å². The van der Waals surface area contributed by atoms with E-state index >= 15 is 0 Å². The summed E-state index contributed by atoms with van der Waals surface area (Å²) in [6.07, 6.45) is 0. The second-order valence-electron chi connectivity index (χ2n) is 7.06. The first kappa shape index (κ1) is 19.7. The number of amides is 1. The molecule has 28 heavy (non-hydrogen) atoms. The van der Waals surface area contributed by atoms with E-state index in [-0.39, 0.29) is 11.7 Å². The number of rotatable bonds is 5. The first-order valence-electron chi connectivity index (χ1n) is 9.18. The molecule has 5 heteroatoms. The highest BCUT2D eigenvalue weighted by molar-refractivity contribution is 6.05. The van der Waals surface area contributed by atoms with E-state index in [0.717, 1.165) is 27.9 Å². The van der Waals surface area contributed by atoms with Gasteiger partial charge in [0.1, 0.15) is 17.3 Å². The molecule has 3 rings (SSSR count). The number of hydrogen-bond acceptors (Lipinski definition) is 2. The number of anilines is 1. The number of carbonyl (C=O) groups is 1. The Balaban J connectivity index is 2.00. The van der Waals surface area contributed by atoms with Crippen LogP contribution in [0, 0.1) is 33.5 Å². The Morgan fingerprint density at radius 1 is 1.07 bits per heavy atom. The van der Waals surface area contributed by atoms with Gasteiger partial charge < -0.3 is 14.6 Å². The fourth-order valence-corrected chi connectivity index (χ4v) is 3.43. The molecule has 0 saturated heterocycles. The Bertz CT molecular complexity index is 1040. The van der Waals surface area contributed by atoms with Gasteiger partial charge >= 0.3 is 0 Å². The normalized spacial score (nSPS) is 10.8. The number of carbonyl (C=O) groups excluding carboxylic acids is 1. The van der Waals surface area contributed by atoms with Crippen molar-refractivity contribution in [1.29, 1.82) is 0 Å². The highest BCUT2D eigenvalue weighted by atomic mass is 19.1. The lowest BCUT2D eigenvalue weighted by Crippen LogP contribution is -2.19. The first-order valence-corrected chi connectivity index (χ1v) is 9.18. The van der Waals surface area contributed by atoms with Gasteiger partial charge in [0.2, 0.25) is 0 Å². The van der Waals surface area contributed by atoms with Crippen LogP contribution in [0.1, 0.15) is 38.4 Å². The molecule has 4 nitrogen and oxygen atoms in total. The van der Waals surface area contributed by atoms with Crippen LogP contribution in [0.4, 0.5) is 10.1 Å². The lowest BCUT2D eigenvalue weighted by atomic mass is 10.1. The van der Waals surface area contributed by atoms with Gasteiger partial charge in [-0.1, -0.05) is 18.2 Å². The van der Waals surface area contributed by atoms with Gasteiger partial charge in [-0.15, -0.1) is 0 Å². The summed E-state index contributed by atoms with van der Waals surface area (Å²) in [5.74, 6) is 0.105. The van der Waals surface area contributed by atoms with Crippen LogP contribution in [0.15, 0.2) is 42.5 Å². The highest BCUT2D eigenvalue weighted by Gasteiger charge is 2.22. The van der Waals surface area contributed by atoms with Crippen molar-refractivity contribution in [1.82, 2.24) is 4.57 Å². The van der Waals surface area contributed by atoms with Crippen molar-refractivity contribution in [3.8, 4) is 5.75 Å². The number of methoxy groups -OCH3 is 1. The summed E-state index contributed by atoms with van der Waals surface area (Å²) >= 11 is 0.